The van der Waals surface area contributed by atoms with Crippen LogP contribution in [0.2, 0.25) is 0 Å². The topological polar surface area (TPSA) is 76.1 Å². The summed E-state index contributed by atoms with van der Waals surface area (Å²) in [5.41, 5.74) is 2.03. The van der Waals surface area contributed by atoms with E-state index in [1.165, 1.54) is 16.4 Å². The van der Waals surface area contributed by atoms with Crippen LogP contribution >= 0.6 is 0 Å². The van der Waals surface area contributed by atoms with Crippen LogP contribution in [0.4, 0.5) is 5.69 Å². The lowest BCUT2D eigenvalue weighted by Crippen LogP contribution is -2.37. The standard InChI is InChI=1S/C18H19NO5S/c1-12-3-2-4-14-15(20)7-8-19(18(12)14)25(21,22)13-5-6-16-17(11-13)24-10-9-23-16/h2-6,11,15,20H,7-10H2,1H3. The van der Waals surface area contributed by atoms with Crippen molar-refractivity contribution < 1.29 is 23.0 Å². The molecule has 6 nitrogen and oxygen atoms in total. The Morgan fingerprint density at radius 1 is 1.12 bits per heavy atom. The van der Waals surface area contributed by atoms with E-state index in [9.17, 15) is 13.5 Å². The van der Waals surface area contributed by atoms with Crippen molar-refractivity contribution in [3.63, 3.8) is 0 Å². The first-order valence-electron chi connectivity index (χ1n) is 8.18. The fourth-order valence-electron chi connectivity index (χ4n) is 3.35. The van der Waals surface area contributed by atoms with Gasteiger partial charge >= 0.3 is 0 Å². The van der Waals surface area contributed by atoms with Gasteiger partial charge < -0.3 is 14.6 Å². The Hall–Kier alpha value is -2.25. The van der Waals surface area contributed by atoms with Crippen molar-refractivity contribution in [3.05, 3.63) is 47.5 Å². The van der Waals surface area contributed by atoms with Crippen LogP contribution in [-0.4, -0.2) is 33.3 Å². The molecule has 0 saturated carbocycles. The zero-order valence-corrected chi connectivity index (χ0v) is 14.6. The number of hydrogen-bond donors (Lipinski definition) is 1. The van der Waals surface area contributed by atoms with Gasteiger partial charge in [-0.25, -0.2) is 8.42 Å². The van der Waals surface area contributed by atoms with Gasteiger partial charge in [0.2, 0.25) is 0 Å². The Labute approximate surface area is 146 Å². The molecule has 0 bridgehead atoms. The van der Waals surface area contributed by atoms with Gasteiger partial charge in [-0.15, -0.1) is 0 Å². The van der Waals surface area contributed by atoms with Crippen LogP contribution in [0.3, 0.4) is 0 Å². The van der Waals surface area contributed by atoms with Gasteiger partial charge in [0.25, 0.3) is 10.0 Å². The number of sulfonamides is 1. The Bertz CT molecular complexity index is 925. The average molecular weight is 361 g/mol. The van der Waals surface area contributed by atoms with E-state index >= 15 is 0 Å². The summed E-state index contributed by atoms with van der Waals surface area (Å²) in [4.78, 5) is 0.155. The maximum absolute atomic E-state index is 13.2. The van der Waals surface area contributed by atoms with Crippen LogP contribution in [0.25, 0.3) is 0 Å². The molecule has 2 aliphatic heterocycles. The van der Waals surface area contributed by atoms with E-state index in [1.807, 2.05) is 19.1 Å². The monoisotopic (exact) mass is 361 g/mol. The highest BCUT2D eigenvalue weighted by atomic mass is 32.2. The number of nitrogens with zero attached hydrogens (tertiary/aromatic N) is 1. The predicted molar refractivity (Wildman–Crippen MR) is 92.7 cm³/mol. The Morgan fingerprint density at radius 2 is 1.88 bits per heavy atom. The second kappa shape index (κ2) is 5.93. The van der Waals surface area contributed by atoms with Crippen molar-refractivity contribution in [1.29, 1.82) is 0 Å². The molecule has 2 heterocycles. The molecule has 1 unspecified atom stereocenters. The summed E-state index contributed by atoms with van der Waals surface area (Å²) < 4.78 is 38.8. The molecule has 132 valence electrons. The molecule has 4 rings (SSSR count). The van der Waals surface area contributed by atoms with E-state index in [4.69, 9.17) is 9.47 Å². The molecule has 25 heavy (non-hydrogen) atoms. The third kappa shape index (κ3) is 2.63. The minimum Gasteiger partial charge on any atom is -0.486 e. The number of fused-ring (bicyclic) bond motifs is 2. The zero-order valence-electron chi connectivity index (χ0n) is 13.8. The van der Waals surface area contributed by atoms with Gasteiger partial charge in [-0.3, -0.25) is 4.31 Å². The van der Waals surface area contributed by atoms with Gasteiger partial charge in [-0.1, -0.05) is 18.2 Å². The SMILES string of the molecule is Cc1cccc2c1N(S(=O)(=O)c1ccc3c(c1)OCCO3)CCC2O. The van der Waals surface area contributed by atoms with E-state index in [0.29, 0.717) is 42.4 Å². The molecule has 1 atom stereocenters. The average Bonchev–Trinajstić information content (AvgIpc) is 2.62. The van der Waals surface area contributed by atoms with Gasteiger partial charge in [0, 0.05) is 18.2 Å². The minimum atomic E-state index is -3.77. The van der Waals surface area contributed by atoms with E-state index in [1.54, 1.807) is 12.1 Å². The Morgan fingerprint density at radius 3 is 2.68 bits per heavy atom. The molecule has 2 aromatic carbocycles. The van der Waals surface area contributed by atoms with Crippen LogP contribution in [-0.2, 0) is 10.0 Å². The fourth-order valence-corrected chi connectivity index (χ4v) is 4.94. The first kappa shape index (κ1) is 16.2. The Balaban J connectivity index is 1.81. The molecule has 0 radical (unpaired) electrons. The summed E-state index contributed by atoms with van der Waals surface area (Å²) in [5, 5.41) is 10.2. The highest BCUT2D eigenvalue weighted by molar-refractivity contribution is 7.92. The second-order valence-electron chi connectivity index (χ2n) is 6.20. The first-order chi connectivity index (χ1) is 12.0. The second-order valence-corrected chi connectivity index (χ2v) is 8.06. The number of para-hydroxylation sites is 1. The van der Waals surface area contributed by atoms with E-state index in [-0.39, 0.29) is 11.4 Å². The molecule has 2 aliphatic rings. The van der Waals surface area contributed by atoms with Gasteiger partial charge in [0.05, 0.1) is 16.7 Å². The van der Waals surface area contributed by atoms with Crippen LogP contribution in [0, 0.1) is 6.92 Å². The number of benzene rings is 2. The lowest BCUT2D eigenvalue weighted by molar-refractivity contribution is 0.166. The van der Waals surface area contributed by atoms with Crippen LogP contribution in [0.1, 0.15) is 23.7 Å². The summed E-state index contributed by atoms with van der Waals surface area (Å²) in [6.07, 6.45) is -0.290. The predicted octanol–water partition coefficient (Wildman–Crippen LogP) is 2.40. The van der Waals surface area contributed by atoms with Crippen molar-refractivity contribution in [2.75, 3.05) is 24.1 Å². The van der Waals surface area contributed by atoms with E-state index in [0.717, 1.165) is 5.56 Å². The van der Waals surface area contributed by atoms with Crippen LogP contribution in [0.15, 0.2) is 41.3 Å². The summed E-state index contributed by atoms with van der Waals surface area (Å²) in [6.45, 7) is 2.93. The molecule has 0 amide bonds. The summed E-state index contributed by atoms with van der Waals surface area (Å²) in [7, 11) is -3.77. The normalized spacial score (nSPS) is 19.4. The minimum absolute atomic E-state index is 0.155. The van der Waals surface area contributed by atoms with Crippen LogP contribution in [0.5, 0.6) is 11.5 Å². The Kier molecular flexibility index (Phi) is 3.85. The molecular formula is C18H19NO5S. The molecule has 0 saturated heterocycles. The number of ether oxygens (including phenoxy) is 2. The highest BCUT2D eigenvalue weighted by Gasteiger charge is 2.34. The largest absolute Gasteiger partial charge is 0.486 e. The lowest BCUT2D eigenvalue weighted by atomic mass is 9.98. The summed E-state index contributed by atoms with van der Waals surface area (Å²) in [6, 6.07) is 10.1. The molecule has 0 spiro atoms. The van der Waals surface area contributed by atoms with Crippen molar-refractivity contribution in [2.45, 2.75) is 24.3 Å². The maximum atomic E-state index is 13.2. The van der Waals surface area contributed by atoms with E-state index in [2.05, 4.69) is 0 Å². The number of aliphatic hydroxyl groups is 1. The van der Waals surface area contributed by atoms with Crippen molar-refractivity contribution in [1.82, 2.24) is 0 Å². The fraction of sp³-hybridized carbons (Fsp3) is 0.333. The van der Waals surface area contributed by atoms with Crippen molar-refractivity contribution in [2.24, 2.45) is 0 Å². The molecule has 0 fully saturated rings. The van der Waals surface area contributed by atoms with Crippen LogP contribution < -0.4 is 13.8 Å². The summed E-state index contributed by atoms with van der Waals surface area (Å²) >= 11 is 0. The molecule has 7 heteroatoms. The molecule has 2 aromatic rings. The smallest absolute Gasteiger partial charge is 0.264 e. The number of rotatable bonds is 2. The van der Waals surface area contributed by atoms with Crippen molar-refractivity contribution in [3.8, 4) is 11.5 Å². The number of anilines is 1. The zero-order chi connectivity index (χ0) is 17.6. The van der Waals surface area contributed by atoms with Crippen molar-refractivity contribution >= 4 is 15.7 Å². The maximum Gasteiger partial charge on any atom is 0.264 e. The van der Waals surface area contributed by atoms with Gasteiger partial charge in [-0.05, 0) is 31.0 Å². The molecule has 0 aliphatic carbocycles. The highest BCUT2D eigenvalue weighted by Crippen LogP contribution is 2.40. The van der Waals surface area contributed by atoms with Gasteiger partial charge in [0.1, 0.15) is 13.2 Å². The van der Waals surface area contributed by atoms with Gasteiger partial charge in [0.15, 0.2) is 11.5 Å². The quantitative estimate of drug-likeness (QED) is 0.889. The number of aliphatic hydroxyl groups excluding tert-OH is 1. The summed E-state index contributed by atoms with van der Waals surface area (Å²) in [5.74, 6) is 0.991. The van der Waals surface area contributed by atoms with E-state index < -0.39 is 16.1 Å². The number of hydrogen-bond acceptors (Lipinski definition) is 5. The number of aryl methyl sites for hydroxylation is 1. The third-order valence-electron chi connectivity index (χ3n) is 4.58. The van der Waals surface area contributed by atoms with Gasteiger partial charge in [-0.2, -0.15) is 0 Å². The first-order valence-corrected chi connectivity index (χ1v) is 9.62. The third-order valence-corrected chi connectivity index (χ3v) is 6.38. The molecular weight excluding hydrogens is 342 g/mol. The molecule has 1 N–H and O–H groups in total. The molecule has 0 aromatic heterocycles. The lowest BCUT2D eigenvalue weighted by Gasteiger charge is -2.34.